The fourth-order valence-corrected chi connectivity index (χ4v) is 4.63. The first-order valence-corrected chi connectivity index (χ1v) is 8.40. The van der Waals surface area contributed by atoms with Gasteiger partial charge < -0.3 is 5.73 Å². The maximum Gasteiger partial charge on any atom is 0.00930 e. The molecule has 1 saturated carbocycles. The van der Waals surface area contributed by atoms with E-state index in [-0.39, 0.29) is 0 Å². The fourth-order valence-electron chi connectivity index (χ4n) is 4.63. The largest absolute Gasteiger partial charge is 0.330 e. The van der Waals surface area contributed by atoms with Crippen LogP contribution in [0.1, 0.15) is 59.8 Å². The van der Waals surface area contributed by atoms with Crippen molar-refractivity contribution in [2.45, 2.75) is 65.8 Å². The molecule has 5 atom stereocenters. The first-order chi connectivity index (χ1) is 8.96. The smallest absolute Gasteiger partial charge is 0.00930 e. The van der Waals surface area contributed by atoms with Crippen LogP contribution in [0.25, 0.3) is 0 Å². The maximum absolute atomic E-state index is 6.21. The third-order valence-electron chi connectivity index (χ3n) is 5.88. The number of nitrogens with zero attached hydrogens (tertiary/aromatic N) is 1. The topological polar surface area (TPSA) is 29.3 Å². The van der Waals surface area contributed by atoms with Crippen LogP contribution in [0, 0.1) is 23.2 Å². The molecule has 1 saturated heterocycles. The van der Waals surface area contributed by atoms with E-state index in [1.807, 2.05) is 0 Å². The predicted molar refractivity (Wildman–Crippen MR) is 83.1 cm³/mol. The molecular formula is C17H34N2. The van der Waals surface area contributed by atoms with E-state index >= 15 is 0 Å². The standard InChI is InChI=1S/C17H34N2/c1-13-6-5-7-17(9-13,11-18)12-19-10-14(2)8-15(3)16(19)4/h13-16H,5-12,18H2,1-4H3. The minimum atomic E-state index is 0.405. The van der Waals surface area contributed by atoms with Gasteiger partial charge in [-0.2, -0.15) is 0 Å². The molecule has 0 amide bonds. The van der Waals surface area contributed by atoms with Gasteiger partial charge in [0.1, 0.15) is 0 Å². The summed E-state index contributed by atoms with van der Waals surface area (Å²) in [6.45, 7) is 13.1. The minimum Gasteiger partial charge on any atom is -0.330 e. The molecule has 1 heterocycles. The fraction of sp³-hybridized carbons (Fsp3) is 1.00. The van der Waals surface area contributed by atoms with Crippen LogP contribution in [0.2, 0.25) is 0 Å². The number of hydrogen-bond acceptors (Lipinski definition) is 2. The van der Waals surface area contributed by atoms with Crippen LogP contribution in [0.5, 0.6) is 0 Å². The van der Waals surface area contributed by atoms with Gasteiger partial charge in [-0.1, -0.05) is 33.6 Å². The summed E-state index contributed by atoms with van der Waals surface area (Å²) in [5, 5.41) is 0. The first kappa shape index (κ1) is 15.3. The molecule has 0 bridgehead atoms. The molecule has 2 N–H and O–H groups in total. The number of rotatable bonds is 3. The Morgan fingerprint density at radius 3 is 2.53 bits per heavy atom. The second-order valence-corrected chi connectivity index (χ2v) is 7.89. The highest BCUT2D eigenvalue weighted by atomic mass is 15.2. The molecule has 2 aliphatic rings. The van der Waals surface area contributed by atoms with Crippen LogP contribution in [-0.4, -0.2) is 30.6 Å². The summed E-state index contributed by atoms with van der Waals surface area (Å²) < 4.78 is 0. The molecule has 112 valence electrons. The lowest BCUT2D eigenvalue weighted by Gasteiger charge is -2.48. The lowest BCUT2D eigenvalue weighted by molar-refractivity contribution is 0.0159. The van der Waals surface area contributed by atoms with Gasteiger partial charge in [-0.15, -0.1) is 0 Å². The lowest BCUT2D eigenvalue weighted by Crippen LogP contribution is -2.53. The average Bonchev–Trinajstić information content (AvgIpc) is 2.35. The third-order valence-corrected chi connectivity index (χ3v) is 5.88. The first-order valence-electron chi connectivity index (χ1n) is 8.40. The van der Waals surface area contributed by atoms with Crippen molar-refractivity contribution >= 4 is 0 Å². The molecule has 2 rings (SSSR count). The molecule has 0 radical (unpaired) electrons. The summed E-state index contributed by atoms with van der Waals surface area (Å²) in [6.07, 6.45) is 6.87. The van der Waals surface area contributed by atoms with Crippen LogP contribution in [0.4, 0.5) is 0 Å². The van der Waals surface area contributed by atoms with Gasteiger partial charge in [0, 0.05) is 19.1 Å². The zero-order chi connectivity index (χ0) is 14.0. The molecule has 0 aromatic heterocycles. The van der Waals surface area contributed by atoms with Gasteiger partial charge >= 0.3 is 0 Å². The van der Waals surface area contributed by atoms with Crippen molar-refractivity contribution in [3.05, 3.63) is 0 Å². The maximum atomic E-state index is 6.21. The molecule has 5 unspecified atom stereocenters. The van der Waals surface area contributed by atoms with E-state index in [9.17, 15) is 0 Å². The van der Waals surface area contributed by atoms with Crippen LogP contribution in [0.3, 0.4) is 0 Å². The Balaban J connectivity index is 2.04. The molecule has 0 spiro atoms. The normalized spacial score (nSPS) is 45.3. The van der Waals surface area contributed by atoms with Crippen molar-refractivity contribution in [2.24, 2.45) is 28.9 Å². The molecule has 0 aromatic carbocycles. The highest BCUT2D eigenvalue weighted by molar-refractivity contribution is 4.92. The minimum absolute atomic E-state index is 0.405. The highest BCUT2D eigenvalue weighted by Crippen LogP contribution is 2.41. The average molecular weight is 266 g/mol. The van der Waals surface area contributed by atoms with Crippen LogP contribution in [0.15, 0.2) is 0 Å². The van der Waals surface area contributed by atoms with Crippen LogP contribution < -0.4 is 5.73 Å². The zero-order valence-corrected chi connectivity index (χ0v) is 13.5. The monoisotopic (exact) mass is 266 g/mol. The van der Waals surface area contributed by atoms with Crippen molar-refractivity contribution in [2.75, 3.05) is 19.6 Å². The van der Waals surface area contributed by atoms with Gasteiger partial charge in [0.25, 0.3) is 0 Å². The van der Waals surface area contributed by atoms with Gasteiger partial charge in [-0.3, -0.25) is 4.90 Å². The molecule has 0 aromatic rings. The van der Waals surface area contributed by atoms with Gasteiger partial charge in [-0.25, -0.2) is 0 Å². The number of hydrogen-bond donors (Lipinski definition) is 1. The Bertz CT molecular complexity index is 291. The van der Waals surface area contributed by atoms with Crippen molar-refractivity contribution < 1.29 is 0 Å². The molecule has 19 heavy (non-hydrogen) atoms. The quantitative estimate of drug-likeness (QED) is 0.847. The summed E-state index contributed by atoms with van der Waals surface area (Å²) in [5.74, 6) is 2.55. The molecule has 2 heteroatoms. The van der Waals surface area contributed by atoms with Crippen molar-refractivity contribution in [1.29, 1.82) is 0 Å². The van der Waals surface area contributed by atoms with Gasteiger partial charge in [0.2, 0.25) is 0 Å². The van der Waals surface area contributed by atoms with Crippen LogP contribution in [-0.2, 0) is 0 Å². The predicted octanol–water partition coefficient (Wildman–Crippen LogP) is 3.51. The summed E-state index contributed by atoms with van der Waals surface area (Å²) in [6, 6.07) is 0.733. The van der Waals surface area contributed by atoms with Gasteiger partial charge in [0.05, 0.1) is 0 Å². The summed E-state index contributed by atoms with van der Waals surface area (Å²) >= 11 is 0. The van der Waals surface area contributed by atoms with Crippen molar-refractivity contribution in [3.8, 4) is 0 Å². The van der Waals surface area contributed by atoms with Gasteiger partial charge in [0.15, 0.2) is 0 Å². The second-order valence-electron chi connectivity index (χ2n) is 7.89. The Kier molecular flexibility index (Phi) is 4.94. The second kappa shape index (κ2) is 6.13. The number of likely N-dealkylation sites (tertiary alicyclic amines) is 1. The van der Waals surface area contributed by atoms with Crippen LogP contribution >= 0.6 is 0 Å². The molecular weight excluding hydrogens is 232 g/mol. The zero-order valence-electron chi connectivity index (χ0n) is 13.5. The third kappa shape index (κ3) is 3.52. The Labute approximate surface area is 120 Å². The highest BCUT2D eigenvalue weighted by Gasteiger charge is 2.38. The summed E-state index contributed by atoms with van der Waals surface area (Å²) in [4.78, 5) is 2.75. The lowest BCUT2D eigenvalue weighted by atomic mass is 9.69. The van der Waals surface area contributed by atoms with E-state index in [2.05, 4.69) is 32.6 Å². The summed E-state index contributed by atoms with van der Waals surface area (Å²) in [7, 11) is 0. The van der Waals surface area contributed by atoms with Gasteiger partial charge in [-0.05, 0) is 55.9 Å². The van der Waals surface area contributed by atoms with E-state index in [0.717, 1.165) is 30.3 Å². The number of piperidine rings is 1. The summed E-state index contributed by atoms with van der Waals surface area (Å²) in [5.41, 5.74) is 6.61. The number of nitrogens with two attached hydrogens (primary N) is 1. The molecule has 2 nitrogen and oxygen atoms in total. The van der Waals surface area contributed by atoms with E-state index in [4.69, 9.17) is 5.73 Å². The molecule has 1 aliphatic heterocycles. The van der Waals surface area contributed by atoms with E-state index in [1.54, 1.807) is 0 Å². The Morgan fingerprint density at radius 2 is 1.89 bits per heavy atom. The molecule has 2 fully saturated rings. The Hall–Kier alpha value is -0.0800. The SMILES string of the molecule is CC1CC(C)C(C)N(CC2(CN)CCCC(C)C2)C1. The van der Waals surface area contributed by atoms with Crippen molar-refractivity contribution in [3.63, 3.8) is 0 Å². The molecule has 1 aliphatic carbocycles. The van der Waals surface area contributed by atoms with E-state index in [1.165, 1.54) is 45.2 Å². The Morgan fingerprint density at radius 1 is 1.16 bits per heavy atom. The van der Waals surface area contributed by atoms with Crippen molar-refractivity contribution in [1.82, 2.24) is 4.90 Å². The van der Waals surface area contributed by atoms with E-state index in [0.29, 0.717) is 5.41 Å². The van der Waals surface area contributed by atoms with E-state index < -0.39 is 0 Å².